The molecule has 5 heteroatoms. The average Bonchev–Trinajstić information content (AvgIpc) is 2.94. The minimum Gasteiger partial charge on any atom is -0.382 e. The molecule has 1 fully saturated rings. The first kappa shape index (κ1) is 12.2. The largest absolute Gasteiger partial charge is 0.382 e. The molecule has 0 radical (unpaired) electrons. The minimum absolute atomic E-state index is 0.346. The molecule has 1 aliphatic rings. The number of ether oxygens (including phenoxy) is 1. The lowest BCUT2D eigenvalue weighted by molar-refractivity contribution is 0.0232. The van der Waals surface area contributed by atoms with E-state index in [0.29, 0.717) is 12.1 Å². The van der Waals surface area contributed by atoms with E-state index < -0.39 is 0 Å². The molecule has 3 rings (SSSR count). The van der Waals surface area contributed by atoms with Gasteiger partial charge >= 0.3 is 0 Å². The molecule has 2 unspecified atom stereocenters. The number of rotatable bonds is 3. The van der Waals surface area contributed by atoms with Gasteiger partial charge in [0, 0.05) is 18.3 Å². The van der Waals surface area contributed by atoms with Gasteiger partial charge in [0.15, 0.2) is 0 Å². The molecule has 1 aliphatic heterocycles. The summed E-state index contributed by atoms with van der Waals surface area (Å²) in [6.45, 7) is 2.97. The standard InChI is InChI=1S/C14H18N4O/c1-11-10-13(6-9-19-11)17-12-2-4-14(5-3-12)18-15-7-8-16-18/h2-5,7-8,11,13,17H,6,9-10H2,1H3. The van der Waals surface area contributed by atoms with E-state index in [1.165, 1.54) is 0 Å². The second-order valence-electron chi connectivity index (χ2n) is 4.91. The maximum Gasteiger partial charge on any atom is 0.0858 e. The van der Waals surface area contributed by atoms with Crippen molar-refractivity contribution in [3.63, 3.8) is 0 Å². The molecule has 1 saturated heterocycles. The summed E-state index contributed by atoms with van der Waals surface area (Å²) in [7, 11) is 0. The van der Waals surface area contributed by atoms with Crippen LogP contribution >= 0.6 is 0 Å². The van der Waals surface area contributed by atoms with Crippen LogP contribution in [0.1, 0.15) is 19.8 Å². The van der Waals surface area contributed by atoms with Crippen molar-refractivity contribution in [2.45, 2.75) is 31.9 Å². The Morgan fingerprint density at radius 1 is 1.21 bits per heavy atom. The molecular formula is C14H18N4O. The van der Waals surface area contributed by atoms with Crippen molar-refractivity contribution in [3.05, 3.63) is 36.7 Å². The van der Waals surface area contributed by atoms with Crippen molar-refractivity contribution in [3.8, 4) is 5.69 Å². The molecule has 100 valence electrons. The monoisotopic (exact) mass is 258 g/mol. The Hall–Kier alpha value is -1.88. The number of aromatic nitrogens is 3. The van der Waals surface area contributed by atoms with Gasteiger partial charge in [-0.3, -0.25) is 0 Å². The molecular weight excluding hydrogens is 240 g/mol. The van der Waals surface area contributed by atoms with Crippen LogP contribution in [-0.4, -0.2) is 33.7 Å². The van der Waals surface area contributed by atoms with E-state index in [0.717, 1.165) is 30.8 Å². The third kappa shape index (κ3) is 2.93. The molecule has 2 aromatic rings. The Morgan fingerprint density at radius 3 is 2.63 bits per heavy atom. The third-order valence-corrected chi connectivity index (χ3v) is 3.37. The van der Waals surface area contributed by atoms with Crippen molar-refractivity contribution in [2.75, 3.05) is 11.9 Å². The SMILES string of the molecule is CC1CC(Nc2ccc(-n3nccn3)cc2)CCO1. The number of nitrogens with one attached hydrogen (secondary N) is 1. The van der Waals surface area contributed by atoms with E-state index in [-0.39, 0.29) is 0 Å². The summed E-state index contributed by atoms with van der Waals surface area (Å²) in [5.41, 5.74) is 2.10. The van der Waals surface area contributed by atoms with Crippen molar-refractivity contribution in [1.82, 2.24) is 15.0 Å². The van der Waals surface area contributed by atoms with Crippen LogP contribution < -0.4 is 5.32 Å². The normalized spacial score (nSPS) is 23.2. The van der Waals surface area contributed by atoms with Gasteiger partial charge in [-0.2, -0.15) is 15.0 Å². The summed E-state index contributed by atoms with van der Waals surface area (Å²) in [6, 6.07) is 8.67. The number of hydrogen-bond donors (Lipinski definition) is 1. The van der Waals surface area contributed by atoms with Gasteiger partial charge in [0.05, 0.1) is 24.2 Å². The summed E-state index contributed by atoms with van der Waals surface area (Å²) >= 11 is 0. The highest BCUT2D eigenvalue weighted by molar-refractivity contribution is 5.48. The summed E-state index contributed by atoms with van der Waals surface area (Å²) < 4.78 is 5.55. The molecule has 0 aliphatic carbocycles. The highest BCUT2D eigenvalue weighted by Gasteiger charge is 2.18. The molecule has 0 amide bonds. The second-order valence-corrected chi connectivity index (χ2v) is 4.91. The number of benzene rings is 1. The van der Waals surface area contributed by atoms with Crippen LogP contribution in [0.2, 0.25) is 0 Å². The van der Waals surface area contributed by atoms with Crippen molar-refractivity contribution >= 4 is 5.69 Å². The fourth-order valence-corrected chi connectivity index (χ4v) is 2.40. The summed E-state index contributed by atoms with van der Waals surface area (Å²) in [4.78, 5) is 1.61. The zero-order valence-electron chi connectivity index (χ0n) is 11.0. The molecule has 0 bridgehead atoms. The topological polar surface area (TPSA) is 52.0 Å². The van der Waals surface area contributed by atoms with Gasteiger partial charge in [0.1, 0.15) is 0 Å². The summed E-state index contributed by atoms with van der Waals surface area (Å²) in [6.07, 6.45) is 5.82. The Balaban J connectivity index is 1.66. The van der Waals surface area contributed by atoms with E-state index in [4.69, 9.17) is 4.74 Å². The van der Waals surface area contributed by atoms with Crippen molar-refractivity contribution in [2.24, 2.45) is 0 Å². The highest BCUT2D eigenvalue weighted by Crippen LogP contribution is 2.19. The van der Waals surface area contributed by atoms with E-state index in [9.17, 15) is 0 Å². The predicted octanol–water partition coefficient (Wildman–Crippen LogP) is 2.25. The lowest BCUT2D eigenvalue weighted by atomic mass is 10.0. The lowest BCUT2D eigenvalue weighted by Crippen LogP contribution is -2.32. The second kappa shape index (κ2) is 5.40. The van der Waals surface area contributed by atoms with Crippen LogP contribution in [-0.2, 0) is 4.74 Å². The van der Waals surface area contributed by atoms with Crippen LogP contribution in [0.4, 0.5) is 5.69 Å². The Morgan fingerprint density at radius 2 is 1.95 bits per heavy atom. The first-order valence-corrected chi connectivity index (χ1v) is 6.66. The number of anilines is 1. The first-order valence-electron chi connectivity index (χ1n) is 6.66. The van der Waals surface area contributed by atoms with Crippen LogP contribution in [0.3, 0.4) is 0 Å². The fourth-order valence-electron chi connectivity index (χ4n) is 2.40. The number of nitrogens with zero attached hydrogens (tertiary/aromatic N) is 3. The van der Waals surface area contributed by atoms with Gasteiger partial charge in [0.25, 0.3) is 0 Å². The van der Waals surface area contributed by atoms with Crippen molar-refractivity contribution in [1.29, 1.82) is 0 Å². The maximum absolute atomic E-state index is 5.55. The van der Waals surface area contributed by atoms with Crippen LogP contribution in [0.25, 0.3) is 5.69 Å². The van der Waals surface area contributed by atoms with Gasteiger partial charge in [0.2, 0.25) is 0 Å². The Bertz CT molecular complexity index is 509. The molecule has 0 saturated carbocycles. The smallest absolute Gasteiger partial charge is 0.0858 e. The molecule has 2 heterocycles. The van der Waals surface area contributed by atoms with Gasteiger partial charge in [-0.15, -0.1) is 0 Å². The molecule has 5 nitrogen and oxygen atoms in total. The minimum atomic E-state index is 0.346. The molecule has 2 atom stereocenters. The van der Waals surface area contributed by atoms with E-state index >= 15 is 0 Å². The molecule has 1 aromatic carbocycles. The predicted molar refractivity (Wildman–Crippen MR) is 73.4 cm³/mol. The van der Waals surface area contributed by atoms with Gasteiger partial charge in [-0.05, 0) is 44.0 Å². The fraction of sp³-hybridized carbons (Fsp3) is 0.429. The maximum atomic E-state index is 5.55. The van der Waals surface area contributed by atoms with E-state index in [1.807, 2.05) is 12.1 Å². The molecule has 19 heavy (non-hydrogen) atoms. The average molecular weight is 258 g/mol. The molecule has 0 spiro atoms. The Kier molecular flexibility index (Phi) is 3.46. The Labute approximate surface area is 112 Å². The first-order chi connectivity index (χ1) is 9.31. The number of hydrogen-bond acceptors (Lipinski definition) is 4. The zero-order valence-corrected chi connectivity index (χ0v) is 11.0. The van der Waals surface area contributed by atoms with Gasteiger partial charge < -0.3 is 10.1 Å². The highest BCUT2D eigenvalue weighted by atomic mass is 16.5. The van der Waals surface area contributed by atoms with Crippen LogP contribution in [0.5, 0.6) is 0 Å². The third-order valence-electron chi connectivity index (χ3n) is 3.37. The molecule has 1 N–H and O–H groups in total. The molecule has 1 aromatic heterocycles. The summed E-state index contributed by atoms with van der Waals surface area (Å²) in [5, 5.41) is 11.8. The summed E-state index contributed by atoms with van der Waals surface area (Å²) in [5.74, 6) is 0. The van der Waals surface area contributed by atoms with Crippen molar-refractivity contribution < 1.29 is 4.74 Å². The quantitative estimate of drug-likeness (QED) is 0.917. The van der Waals surface area contributed by atoms with Gasteiger partial charge in [-0.25, -0.2) is 0 Å². The van der Waals surface area contributed by atoms with E-state index in [1.54, 1.807) is 17.2 Å². The van der Waals surface area contributed by atoms with Crippen LogP contribution in [0.15, 0.2) is 36.7 Å². The van der Waals surface area contributed by atoms with Gasteiger partial charge in [-0.1, -0.05) is 0 Å². The van der Waals surface area contributed by atoms with Crippen LogP contribution in [0, 0.1) is 0 Å². The lowest BCUT2D eigenvalue weighted by Gasteiger charge is -2.28. The van der Waals surface area contributed by atoms with E-state index in [2.05, 4.69) is 34.6 Å². The zero-order chi connectivity index (χ0) is 13.1.